The van der Waals surface area contributed by atoms with Gasteiger partial charge in [0.2, 0.25) is 5.13 Å². The average molecular weight is 286 g/mol. The third-order valence-electron chi connectivity index (χ3n) is 2.06. The highest BCUT2D eigenvalue weighted by Crippen LogP contribution is 2.25. The third kappa shape index (κ3) is 2.51. The van der Waals surface area contributed by atoms with Crippen molar-refractivity contribution in [3.8, 4) is 5.75 Å². The molecule has 96 valence electrons. The van der Waals surface area contributed by atoms with Gasteiger partial charge in [-0.25, -0.2) is 8.42 Å². The second kappa shape index (κ2) is 4.42. The molecular formula is C9H10N4O3S2. The van der Waals surface area contributed by atoms with E-state index in [-0.39, 0.29) is 21.5 Å². The number of nitrogens with two attached hydrogens (primary N) is 1. The van der Waals surface area contributed by atoms with Crippen LogP contribution in [-0.2, 0) is 10.0 Å². The highest BCUT2D eigenvalue weighted by atomic mass is 32.2. The number of sulfonamides is 1. The first kappa shape index (κ1) is 12.6. The summed E-state index contributed by atoms with van der Waals surface area (Å²) in [5.74, 6) is -0.166. The topological polar surface area (TPSA) is 118 Å². The van der Waals surface area contributed by atoms with Crippen LogP contribution in [0.3, 0.4) is 0 Å². The summed E-state index contributed by atoms with van der Waals surface area (Å²) in [4.78, 5) is -0.0503. The van der Waals surface area contributed by atoms with Gasteiger partial charge in [-0.3, -0.25) is 4.72 Å². The van der Waals surface area contributed by atoms with Gasteiger partial charge in [0.25, 0.3) is 10.0 Å². The molecule has 0 unspecified atom stereocenters. The molecule has 0 atom stereocenters. The van der Waals surface area contributed by atoms with E-state index in [9.17, 15) is 13.5 Å². The number of phenolic OH excluding ortho intramolecular Hbond substituents is 1. The first-order chi connectivity index (χ1) is 8.38. The molecule has 0 saturated carbocycles. The maximum atomic E-state index is 12.0. The molecule has 0 saturated heterocycles. The van der Waals surface area contributed by atoms with Crippen LogP contribution in [0.25, 0.3) is 0 Å². The zero-order valence-corrected chi connectivity index (χ0v) is 10.9. The molecule has 0 amide bonds. The molecule has 18 heavy (non-hydrogen) atoms. The number of nitrogens with zero attached hydrogens (tertiary/aromatic N) is 2. The van der Waals surface area contributed by atoms with Crippen LogP contribution in [0.15, 0.2) is 23.1 Å². The van der Waals surface area contributed by atoms with E-state index in [0.717, 1.165) is 11.3 Å². The SMILES string of the molecule is Cc1nnc(NS(=O)(=O)c2ccc(O)c(N)c2)s1. The Morgan fingerprint density at radius 3 is 2.67 bits per heavy atom. The molecule has 1 heterocycles. The molecule has 2 aromatic rings. The van der Waals surface area contributed by atoms with Gasteiger partial charge in [-0.05, 0) is 25.1 Å². The number of nitrogen functional groups attached to an aromatic ring is 1. The molecule has 0 bridgehead atoms. The van der Waals surface area contributed by atoms with Crippen LogP contribution in [-0.4, -0.2) is 23.7 Å². The Balaban J connectivity index is 2.33. The fourth-order valence-electron chi connectivity index (χ4n) is 1.21. The Labute approximate surface area is 107 Å². The summed E-state index contributed by atoms with van der Waals surface area (Å²) >= 11 is 1.12. The third-order valence-corrected chi connectivity index (χ3v) is 4.28. The minimum absolute atomic E-state index is 0.00804. The number of hydrogen-bond donors (Lipinski definition) is 3. The van der Waals surface area contributed by atoms with Gasteiger partial charge in [0.05, 0.1) is 10.6 Å². The largest absolute Gasteiger partial charge is 0.506 e. The molecule has 0 spiro atoms. The number of nitrogens with one attached hydrogen (secondary N) is 1. The van der Waals surface area contributed by atoms with Crippen molar-refractivity contribution in [1.29, 1.82) is 0 Å². The number of aromatic hydroxyl groups is 1. The van der Waals surface area contributed by atoms with Crippen molar-refractivity contribution >= 4 is 32.2 Å². The van der Waals surface area contributed by atoms with E-state index in [4.69, 9.17) is 5.73 Å². The van der Waals surface area contributed by atoms with Gasteiger partial charge in [0.15, 0.2) is 0 Å². The summed E-state index contributed by atoms with van der Waals surface area (Å²) in [5, 5.41) is 17.4. The van der Waals surface area contributed by atoms with Crippen LogP contribution >= 0.6 is 11.3 Å². The van der Waals surface area contributed by atoms with Gasteiger partial charge in [-0.2, -0.15) is 0 Å². The monoisotopic (exact) mass is 286 g/mol. The minimum Gasteiger partial charge on any atom is -0.506 e. The minimum atomic E-state index is -3.77. The fourth-order valence-corrected chi connectivity index (χ4v) is 3.07. The van der Waals surface area contributed by atoms with E-state index in [2.05, 4.69) is 14.9 Å². The lowest BCUT2D eigenvalue weighted by molar-refractivity contribution is 0.477. The summed E-state index contributed by atoms with van der Waals surface area (Å²) in [6, 6.07) is 3.64. The predicted molar refractivity (Wildman–Crippen MR) is 68.0 cm³/mol. The average Bonchev–Trinajstić information content (AvgIpc) is 2.67. The number of aromatic nitrogens is 2. The molecule has 9 heteroatoms. The Hall–Kier alpha value is -1.87. The molecule has 0 aliphatic carbocycles. The first-order valence-electron chi connectivity index (χ1n) is 4.80. The van der Waals surface area contributed by atoms with Crippen LogP contribution in [0, 0.1) is 6.92 Å². The maximum Gasteiger partial charge on any atom is 0.263 e. The van der Waals surface area contributed by atoms with Crippen LogP contribution in [0.5, 0.6) is 5.75 Å². The molecular weight excluding hydrogens is 276 g/mol. The normalized spacial score (nSPS) is 11.4. The van der Waals surface area contributed by atoms with Crippen molar-refractivity contribution < 1.29 is 13.5 Å². The van der Waals surface area contributed by atoms with Crippen molar-refractivity contribution in [3.05, 3.63) is 23.2 Å². The van der Waals surface area contributed by atoms with Crippen LogP contribution < -0.4 is 10.5 Å². The van der Waals surface area contributed by atoms with Crippen LogP contribution in [0.2, 0.25) is 0 Å². The van der Waals surface area contributed by atoms with Gasteiger partial charge in [0, 0.05) is 0 Å². The summed E-state index contributed by atoms with van der Waals surface area (Å²) in [7, 11) is -3.77. The van der Waals surface area contributed by atoms with Crippen molar-refractivity contribution in [3.63, 3.8) is 0 Å². The van der Waals surface area contributed by atoms with Crippen molar-refractivity contribution in [1.82, 2.24) is 10.2 Å². The van der Waals surface area contributed by atoms with E-state index >= 15 is 0 Å². The number of phenols is 1. The molecule has 4 N–H and O–H groups in total. The second-order valence-corrected chi connectivity index (χ2v) is 6.32. The van der Waals surface area contributed by atoms with Crippen LogP contribution in [0.4, 0.5) is 10.8 Å². The number of aryl methyl sites for hydroxylation is 1. The second-order valence-electron chi connectivity index (χ2n) is 3.45. The Bertz CT molecular complexity index is 681. The van der Waals surface area contributed by atoms with Gasteiger partial charge in [0.1, 0.15) is 10.8 Å². The zero-order valence-electron chi connectivity index (χ0n) is 9.28. The summed E-state index contributed by atoms with van der Waals surface area (Å²) < 4.78 is 26.2. The molecule has 2 rings (SSSR count). The van der Waals surface area contributed by atoms with Gasteiger partial charge < -0.3 is 10.8 Å². The standard InChI is InChI=1S/C9H10N4O3S2/c1-5-11-12-9(17-5)13-18(15,16)6-2-3-8(14)7(10)4-6/h2-4,14H,10H2,1H3,(H,12,13). The molecule has 0 aliphatic heterocycles. The van der Waals surface area contributed by atoms with Crippen LogP contribution in [0.1, 0.15) is 5.01 Å². The molecule has 1 aromatic heterocycles. The molecule has 7 nitrogen and oxygen atoms in total. The van der Waals surface area contributed by atoms with E-state index in [1.807, 2.05) is 0 Å². The number of anilines is 2. The number of benzene rings is 1. The maximum absolute atomic E-state index is 12.0. The molecule has 0 aliphatic rings. The Morgan fingerprint density at radius 1 is 1.39 bits per heavy atom. The summed E-state index contributed by atoms with van der Waals surface area (Å²) in [6.07, 6.45) is 0. The van der Waals surface area contributed by atoms with Crippen molar-refractivity contribution in [2.75, 3.05) is 10.5 Å². The van der Waals surface area contributed by atoms with E-state index in [0.29, 0.717) is 5.01 Å². The van der Waals surface area contributed by atoms with E-state index in [1.165, 1.54) is 18.2 Å². The summed E-state index contributed by atoms with van der Waals surface area (Å²) in [6.45, 7) is 1.72. The highest BCUT2D eigenvalue weighted by Gasteiger charge is 2.17. The van der Waals surface area contributed by atoms with Gasteiger partial charge in [-0.1, -0.05) is 11.3 Å². The number of hydrogen-bond acceptors (Lipinski definition) is 7. The van der Waals surface area contributed by atoms with E-state index < -0.39 is 10.0 Å². The number of rotatable bonds is 3. The molecule has 1 aromatic carbocycles. The lowest BCUT2D eigenvalue weighted by atomic mass is 10.3. The van der Waals surface area contributed by atoms with Crippen molar-refractivity contribution in [2.24, 2.45) is 0 Å². The Kier molecular flexibility index (Phi) is 3.09. The van der Waals surface area contributed by atoms with Gasteiger partial charge >= 0.3 is 0 Å². The smallest absolute Gasteiger partial charge is 0.263 e. The molecule has 0 radical (unpaired) electrons. The highest BCUT2D eigenvalue weighted by molar-refractivity contribution is 7.93. The molecule has 0 fully saturated rings. The van der Waals surface area contributed by atoms with E-state index in [1.54, 1.807) is 6.92 Å². The summed E-state index contributed by atoms with van der Waals surface area (Å²) in [5.41, 5.74) is 5.44. The quantitative estimate of drug-likeness (QED) is 0.570. The predicted octanol–water partition coefficient (Wildman–Crippen LogP) is 0.935. The fraction of sp³-hybridized carbons (Fsp3) is 0.111. The Morgan fingerprint density at radius 2 is 2.11 bits per heavy atom. The lowest BCUT2D eigenvalue weighted by Gasteiger charge is -2.06. The first-order valence-corrected chi connectivity index (χ1v) is 7.10. The lowest BCUT2D eigenvalue weighted by Crippen LogP contribution is -2.13. The van der Waals surface area contributed by atoms with Crippen molar-refractivity contribution in [2.45, 2.75) is 11.8 Å². The van der Waals surface area contributed by atoms with Gasteiger partial charge in [-0.15, -0.1) is 10.2 Å². The zero-order chi connectivity index (χ0) is 13.3.